The van der Waals surface area contributed by atoms with Gasteiger partial charge in [-0.15, -0.1) is 0 Å². The Hall–Kier alpha value is -2.07. The van der Waals surface area contributed by atoms with Crippen LogP contribution in [0.2, 0.25) is 0 Å². The molecule has 2 aromatic carbocycles. The highest BCUT2D eigenvalue weighted by Crippen LogP contribution is 2.28. The van der Waals surface area contributed by atoms with Gasteiger partial charge in [0.2, 0.25) is 0 Å². The van der Waals surface area contributed by atoms with Crippen molar-refractivity contribution in [3.8, 4) is 0 Å². The van der Waals surface area contributed by atoms with Gasteiger partial charge in [0.25, 0.3) is 0 Å². The van der Waals surface area contributed by atoms with Crippen LogP contribution in [-0.4, -0.2) is 18.2 Å². The Labute approximate surface area is 131 Å². The topological polar surface area (TPSA) is 50.4 Å². The van der Waals surface area contributed by atoms with Crippen LogP contribution in [0.15, 0.2) is 36.4 Å². The second kappa shape index (κ2) is 6.79. The maximum absolute atomic E-state index is 12.1. The molecular formula is C18H24N2O2. The maximum Gasteiger partial charge on any atom is 0.412 e. The predicted octanol–water partition coefficient (Wildman–Crippen LogP) is 4.30. The molecule has 0 fully saturated rings. The summed E-state index contributed by atoms with van der Waals surface area (Å²) in [6.45, 7) is 9.20. The summed E-state index contributed by atoms with van der Waals surface area (Å²) in [5, 5.41) is 8.33. The number of nitrogens with one attached hydrogen (secondary N) is 2. The van der Waals surface area contributed by atoms with Crippen molar-refractivity contribution in [3.05, 3.63) is 42.0 Å². The number of rotatable bonds is 4. The molecule has 1 amide bonds. The van der Waals surface area contributed by atoms with E-state index in [1.807, 2.05) is 51.1 Å². The van der Waals surface area contributed by atoms with Gasteiger partial charge in [-0.3, -0.25) is 5.32 Å². The van der Waals surface area contributed by atoms with Crippen LogP contribution in [0.4, 0.5) is 10.5 Å². The Bertz CT molecular complexity index is 660. The number of anilines is 1. The molecule has 0 heterocycles. The standard InChI is InChI=1S/C18H24N2O2/c1-5-19-12-14-11-10-13-8-6-7-9-15(13)16(14)20-17(21)22-18(2,3)4/h6-11,19H,5,12H2,1-4H3,(H,20,21). The average molecular weight is 300 g/mol. The highest BCUT2D eigenvalue weighted by atomic mass is 16.6. The van der Waals surface area contributed by atoms with Crippen LogP contribution in [0.5, 0.6) is 0 Å². The largest absolute Gasteiger partial charge is 0.444 e. The summed E-state index contributed by atoms with van der Waals surface area (Å²) in [7, 11) is 0. The lowest BCUT2D eigenvalue weighted by Crippen LogP contribution is -2.28. The number of hydrogen-bond acceptors (Lipinski definition) is 3. The molecule has 4 nitrogen and oxygen atoms in total. The third-order valence-electron chi connectivity index (χ3n) is 3.21. The molecule has 0 aliphatic rings. The summed E-state index contributed by atoms with van der Waals surface area (Å²) in [6.07, 6.45) is -0.429. The summed E-state index contributed by atoms with van der Waals surface area (Å²) < 4.78 is 5.38. The zero-order chi connectivity index (χ0) is 16.2. The Balaban J connectivity index is 2.37. The smallest absolute Gasteiger partial charge is 0.412 e. The first-order valence-corrected chi connectivity index (χ1v) is 7.62. The minimum absolute atomic E-state index is 0.429. The van der Waals surface area contributed by atoms with Crippen LogP contribution >= 0.6 is 0 Å². The van der Waals surface area contributed by atoms with Gasteiger partial charge >= 0.3 is 6.09 Å². The van der Waals surface area contributed by atoms with E-state index in [4.69, 9.17) is 4.74 Å². The molecule has 2 N–H and O–H groups in total. The van der Waals surface area contributed by atoms with Crippen molar-refractivity contribution in [1.82, 2.24) is 5.32 Å². The Morgan fingerprint density at radius 2 is 1.86 bits per heavy atom. The summed E-state index contributed by atoms with van der Waals surface area (Å²) in [5.74, 6) is 0. The third-order valence-corrected chi connectivity index (χ3v) is 3.21. The fourth-order valence-electron chi connectivity index (χ4n) is 2.28. The van der Waals surface area contributed by atoms with E-state index in [1.54, 1.807) is 0 Å². The lowest BCUT2D eigenvalue weighted by atomic mass is 10.0. The number of carbonyl (C=O) groups excluding carboxylic acids is 1. The molecule has 2 rings (SSSR count). The minimum Gasteiger partial charge on any atom is -0.444 e. The van der Waals surface area contributed by atoms with Crippen molar-refractivity contribution in [2.24, 2.45) is 0 Å². The van der Waals surface area contributed by atoms with Gasteiger partial charge in [-0.1, -0.05) is 43.3 Å². The highest BCUT2D eigenvalue weighted by Gasteiger charge is 2.18. The zero-order valence-corrected chi connectivity index (χ0v) is 13.7. The van der Waals surface area contributed by atoms with Gasteiger partial charge in [0.1, 0.15) is 5.60 Å². The van der Waals surface area contributed by atoms with Crippen LogP contribution in [0, 0.1) is 0 Å². The number of hydrogen-bond donors (Lipinski definition) is 2. The number of carbonyl (C=O) groups is 1. The molecule has 0 spiro atoms. The van der Waals surface area contributed by atoms with Crippen LogP contribution in [-0.2, 0) is 11.3 Å². The molecule has 0 saturated heterocycles. The maximum atomic E-state index is 12.1. The fourth-order valence-corrected chi connectivity index (χ4v) is 2.28. The molecule has 0 aromatic heterocycles. The highest BCUT2D eigenvalue weighted by molar-refractivity contribution is 6.01. The van der Waals surface area contributed by atoms with Crippen molar-refractivity contribution in [3.63, 3.8) is 0 Å². The fraction of sp³-hybridized carbons (Fsp3) is 0.389. The molecule has 22 heavy (non-hydrogen) atoms. The Morgan fingerprint density at radius 1 is 1.14 bits per heavy atom. The summed E-state index contributed by atoms with van der Waals surface area (Å²) >= 11 is 0. The lowest BCUT2D eigenvalue weighted by Gasteiger charge is -2.21. The van der Waals surface area contributed by atoms with Crippen molar-refractivity contribution < 1.29 is 9.53 Å². The SMILES string of the molecule is CCNCc1ccc2ccccc2c1NC(=O)OC(C)(C)C. The van der Waals surface area contributed by atoms with E-state index in [0.29, 0.717) is 6.54 Å². The molecule has 118 valence electrons. The molecule has 0 atom stereocenters. The first-order valence-electron chi connectivity index (χ1n) is 7.62. The van der Waals surface area contributed by atoms with E-state index in [0.717, 1.165) is 28.6 Å². The second-order valence-corrected chi connectivity index (χ2v) is 6.23. The van der Waals surface area contributed by atoms with E-state index in [9.17, 15) is 4.79 Å². The van der Waals surface area contributed by atoms with E-state index in [1.165, 1.54) is 0 Å². The van der Waals surface area contributed by atoms with Gasteiger partial charge in [0.05, 0.1) is 5.69 Å². The van der Waals surface area contributed by atoms with E-state index in [-0.39, 0.29) is 0 Å². The molecule has 0 unspecified atom stereocenters. The number of amides is 1. The molecule has 2 aromatic rings. The molecule has 0 radical (unpaired) electrons. The molecule has 0 aliphatic carbocycles. The van der Waals surface area contributed by atoms with Gasteiger partial charge < -0.3 is 10.1 Å². The quantitative estimate of drug-likeness (QED) is 0.885. The van der Waals surface area contributed by atoms with Crippen molar-refractivity contribution in [2.75, 3.05) is 11.9 Å². The predicted molar refractivity (Wildman–Crippen MR) is 91.2 cm³/mol. The van der Waals surface area contributed by atoms with Gasteiger partial charge in [-0.2, -0.15) is 0 Å². The van der Waals surface area contributed by atoms with Crippen molar-refractivity contribution in [1.29, 1.82) is 0 Å². The molecule has 0 saturated carbocycles. The lowest BCUT2D eigenvalue weighted by molar-refractivity contribution is 0.0636. The summed E-state index contributed by atoms with van der Waals surface area (Å²) in [5.41, 5.74) is 1.34. The Morgan fingerprint density at radius 3 is 2.55 bits per heavy atom. The van der Waals surface area contributed by atoms with Crippen molar-refractivity contribution in [2.45, 2.75) is 39.8 Å². The van der Waals surface area contributed by atoms with Crippen molar-refractivity contribution >= 4 is 22.6 Å². The van der Waals surface area contributed by atoms with Crippen LogP contribution < -0.4 is 10.6 Å². The van der Waals surface area contributed by atoms with E-state index < -0.39 is 11.7 Å². The third kappa shape index (κ3) is 4.21. The number of fused-ring (bicyclic) bond motifs is 1. The number of ether oxygens (including phenoxy) is 1. The van der Waals surface area contributed by atoms with E-state index >= 15 is 0 Å². The number of benzene rings is 2. The van der Waals surface area contributed by atoms with Gasteiger partial charge in [-0.05, 0) is 38.3 Å². The van der Waals surface area contributed by atoms with Gasteiger partial charge in [0.15, 0.2) is 0 Å². The molecule has 0 aliphatic heterocycles. The normalized spacial score (nSPS) is 11.5. The molecule has 4 heteroatoms. The minimum atomic E-state index is -0.517. The van der Waals surface area contributed by atoms with E-state index in [2.05, 4.69) is 23.6 Å². The van der Waals surface area contributed by atoms with Gasteiger partial charge in [0, 0.05) is 11.9 Å². The zero-order valence-electron chi connectivity index (χ0n) is 13.7. The van der Waals surface area contributed by atoms with Crippen LogP contribution in [0.3, 0.4) is 0 Å². The first-order chi connectivity index (χ1) is 10.4. The van der Waals surface area contributed by atoms with Gasteiger partial charge in [-0.25, -0.2) is 4.79 Å². The first kappa shape index (κ1) is 16.3. The second-order valence-electron chi connectivity index (χ2n) is 6.23. The van der Waals surface area contributed by atoms with Crippen LogP contribution in [0.1, 0.15) is 33.3 Å². The van der Waals surface area contributed by atoms with Crippen LogP contribution in [0.25, 0.3) is 10.8 Å². The Kier molecular flexibility index (Phi) is 5.03. The molecular weight excluding hydrogens is 276 g/mol. The summed E-state index contributed by atoms with van der Waals surface area (Å²) in [6, 6.07) is 12.1. The monoisotopic (exact) mass is 300 g/mol. The summed E-state index contributed by atoms with van der Waals surface area (Å²) in [4.78, 5) is 12.1. The molecule has 0 bridgehead atoms. The average Bonchev–Trinajstić information content (AvgIpc) is 2.44.